The van der Waals surface area contributed by atoms with Crippen molar-refractivity contribution in [3.05, 3.63) is 90.0 Å². The van der Waals surface area contributed by atoms with E-state index in [2.05, 4.69) is 34.1 Å². The van der Waals surface area contributed by atoms with Crippen molar-refractivity contribution < 1.29 is 19.3 Å². The van der Waals surface area contributed by atoms with Crippen molar-refractivity contribution in [1.29, 1.82) is 0 Å². The maximum absolute atomic E-state index is 9.81. The summed E-state index contributed by atoms with van der Waals surface area (Å²) in [5.41, 5.74) is 3.40. The van der Waals surface area contributed by atoms with Crippen molar-refractivity contribution in [2.45, 2.75) is 18.7 Å². The molecule has 1 N–H and O–H groups in total. The van der Waals surface area contributed by atoms with E-state index >= 15 is 0 Å². The zero-order chi connectivity index (χ0) is 23.2. The number of phenolic OH excluding ortho intramolecular Hbond substituents is 1. The Labute approximate surface area is 201 Å². The summed E-state index contributed by atoms with van der Waals surface area (Å²) in [4.78, 5) is 4.93. The van der Waals surface area contributed by atoms with Gasteiger partial charge in [-0.3, -0.25) is 4.90 Å². The van der Waals surface area contributed by atoms with Crippen molar-refractivity contribution in [2.24, 2.45) is 0 Å². The lowest BCUT2D eigenvalue weighted by Gasteiger charge is -2.43. The first-order valence-corrected chi connectivity index (χ1v) is 12.0. The minimum absolute atomic E-state index is 0.0492. The number of aromatic hydroxyl groups is 1. The summed E-state index contributed by atoms with van der Waals surface area (Å²) < 4.78 is 18.0. The van der Waals surface area contributed by atoms with Gasteiger partial charge in [0, 0.05) is 19.6 Å². The monoisotopic (exact) mass is 460 g/mol. The molecule has 6 heteroatoms. The average Bonchev–Trinajstić information content (AvgIpc) is 2.90. The Morgan fingerprint density at radius 3 is 2.44 bits per heavy atom. The largest absolute Gasteiger partial charge is 0.508 e. The summed E-state index contributed by atoms with van der Waals surface area (Å²) in [7, 11) is 0. The molecule has 1 fully saturated rings. The number of benzene rings is 3. The third-order valence-corrected chi connectivity index (χ3v) is 6.62. The van der Waals surface area contributed by atoms with E-state index in [1.807, 2.05) is 42.5 Å². The molecule has 2 heterocycles. The van der Waals surface area contributed by atoms with Crippen LogP contribution in [0, 0.1) is 0 Å². The number of hydrogen-bond acceptors (Lipinski definition) is 6. The molecule has 2 atom stereocenters. The number of ether oxygens (including phenoxy) is 3. The second-order valence-electron chi connectivity index (χ2n) is 8.84. The lowest BCUT2D eigenvalue weighted by molar-refractivity contribution is -0.0123. The van der Waals surface area contributed by atoms with Crippen LogP contribution < -0.4 is 9.64 Å². The minimum Gasteiger partial charge on any atom is -0.508 e. The standard InChI is InChI=1S/C28H32N2O4/c31-25-12-10-23(11-13-25)27-21-34-28-9-5-4-8-26(28)30(27)18-24(29-14-16-32-17-15-29)20-33-19-22-6-2-1-3-7-22/h1-13,24,27,31H,14-21H2. The molecule has 3 aromatic rings. The number of hydrogen-bond donors (Lipinski definition) is 1. The number of morpholine rings is 1. The third-order valence-electron chi connectivity index (χ3n) is 6.62. The maximum atomic E-state index is 9.81. The Hall–Kier alpha value is -3.06. The fraction of sp³-hybridized carbons (Fsp3) is 0.357. The molecule has 2 aliphatic rings. The highest BCUT2D eigenvalue weighted by atomic mass is 16.5. The SMILES string of the molecule is Oc1ccc(C2COc3ccccc3N2CC(COCc2ccccc2)N2CCOCC2)cc1. The van der Waals surface area contributed by atoms with Crippen LogP contribution in [-0.2, 0) is 16.1 Å². The summed E-state index contributed by atoms with van der Waals surface area (Å²) in [6.07, 6.45) is 0. The van der Waals surface area contributed by atoms with Crippen LogP contribution in [0.3, 0.4) is 0 Å². The quantitative estimate of drug-likeness (QED) is 0.543. The number of phenols is 1. The molecule has 0 aromatic heterocycles. The summed E-state index contributed by atoms with van der Waals surface area (Å²) in [6.45, 7) is 5.89. The molecule has 0 amide bonds. The average molecular weight is 461 g/mol. The Morgan fingerprint density at radius 2 is 1.65 bits per heavy atom. The molecule has 0 saturated carbocycles. The van der Waals surface area contributed by atoms with Gasteiger partial charge in [-0.1, -0.05) is 54.6 Å². The number of fused-ring (bicyclic) bond motifs is 1. The van der Waals surface area contributed by atoms with Crippen LogP contribution in [0.4, 0.5) is 5.69 Å². The number of anilines is 1. The normalized spacial score (nSPS) is 19.3. The molecule has 0 aliphatic carbocycles. The molecule has 0 spiro atoms. The molecular formula is C28H32N2O4. The van der Waals surface area contributed by atoms with Gasteiger partial charge in [-0.05, 0) is 35.4 Å². The van der Waals surface area contributed by atoms with Gasteiger partial charge in [0.25, 0.3) is 0 Å². The molecular weight excluding hydrogens is 428 g/mol. The van der Waals surface area contributed by atoms with E-state index in [0.717, 1.165) is 49.8 Å². The van der Waals surface area contributed by atoms with Gasteiger partial charge in [-0.25, -0.2) is 0 Å². The topological polar surface area (TPSA) is 54.4 Å². The van der Waals surface area contributed by atoms with Gasteiger partial charge in [-0.2, -0.15) is 0 Å². The van der Waals surface area contributed by atoms with E-state index in [0.29, 0.717) is 19.8 Å². The summed E-state index contributed by atoms with van der Waals surface area (Å²) in [5.74, 6) is 1.18. The lowest BCUT2D eigenvalue weighted by Crippen LogP contribution is -2.52. The van der Waals surface area contributed by atoms with Crippen LogP contribution >= 0.6 is 0 Å². The van der Waals surface area contributed by atoms with Crippen LogP contribution in [0.5, 0.6) is 11.5 Å². The van der Waals surface area contributed by atoms with Crippen LogP contribution in [0.25, 0.3) is 0 Å². The van der Waals surface area contributed by atoms with E-state index in [1.54, 1.807) is 12.1 Å². The van der Waals surface area contributed by atoms with Gasteiger partial charge in [0.1, 0.15) is 18.1 Å². The fourth-order valence-corrected chi connectivity index (χ4v) is 4.77. The molecule has 178 valence electrons. The molecule has 6 nitrogen and oxygen atoms in total. The van der Waals surface area contributed by atoms with E-state index in [9.17, 15) is 5.11 Å². The van der Waals surface area contributed by atoms with Crippen molar-refractivity contribution in [1.82, 2.24) is 4.90 Å². The van der Waals surface area contributed by atoms with Crippen molar-refractivity contribution in [2.75, 3.05) is 51.0 Å². The molecule has 2 unspecified atom stereocenters. The zero-order valence-electron chi connectivity index (χ0n) is 19.4. The Bertz CT molecular complexity index is 1040. The first-order valence-electron chi connectivity index (χ1n) is 12.0. The van der Waals surface area contributed by atoms with Crippen molar-refractivity contribution in [3.8, 4) is 11.5 Å². The number of rotatable bonds is 8. The summed E-state index contributed by atoms with van der Waals surface area (Å²) in [5, 5.41) is 9.81. The Morgan fingerprint density at radius 1 is 0.912 bits per heavy atom. The second kappa shape index (κ2) is 10.9. The van der Waals surface area contributed by atoms with Crippen molar-refractivity contribution >= 4 is 5.69 Å². The molecule has 2 aliphatic heterocycles. The Balaban J connectivity index is 1.39. The van der Waals surface area contributed by atoms with Crippen molar-refractivity contribution in [3.63, 3.8) is 0 Å². The minimum atomic E-state index is 0.0492. The first kappa shape index (κ1) is 22.7. The third kappa shape index (κ3) is 5.36. The van der Waals surface area contributed by atoms with Crippen LogP contribution in [-0.4, -0.2) is 62.1 Å². The smallest absolute Gasteiger partial charge is 0.142 e. The van der Waals surface area contributed by atoms with E-state index in [-0.39, 0.29) is 17.8 Å². The molecule has 34 heavy (non-hydrogen) atoms. The van der Waals surface area contributed by atoms with E-state index in [4.69, 9.17) is 14.2 Å². The highest BCUT2D eigenvalue weighted by Crippen LogP contribution is 2.39. The lowest BCUT2D eigenvalue weighted by atomic mass is 10.0. The van der Waals surface area contributed by atoms with E-state index in [1.165, 1.54) is 5.56 Å². The second-order valence-corrected chi connectivity index (χ2v) is 8.84. The van der Waals surface area contributed by atoms with Crippen LogP contribution in [0.1, 0.15) is 17.2 Å². The highest BCUT2D eigenvalue weighted by Gasteiger charge is 2.33. The molecule has 3 aromatic carbocycles. The summed E-state index contributed by atoms with van der Waals surface area (Å²) in [6, 6.07) is 26.3. The summed E-state index contributed by atoms with van der Waals surface area (Å²) >= 11 is 0. The van der Waals surface area contributed by atoms with Gasteiger partial charge < -0.3 is 24.2 Å². The number of para-hydroxylation sites is 2. The Kier molecular flexibility index (Phi) is 7.29. The van der Waals surface area contributed by atoms with Crippen LogP contribution in [0.15, 0.2) is 78.9 Å². The van der Waals surface area contributed by atoms with E-state index < -0.39 is 0 Å². The molecule has 1 saturated heterocycles. The number of nitrogens with zero attached hydrogens (tertiary/aromatic N) is 2. The fourth-order valence-electron chi connectivity index (χ4n) is 4.77. The van der Waals surface area contributed by atoms with Gasteiger partial charge in [0.15, 0.2) is 0 Å². The zero-order valence-corrected chi connectivity index (χ0v) is 19.4. The van der Waals surface area contributed by atoms with Gasteiger partial charge in [0.2, 0.25) is 0 Å². The molecule has 0 bridgehead atoms. The van der Waals surface area contributed by atoms with Gasteiger partial charge >= 0.3 is 0 Å². The molecule has 0 radical (unpaired) electrons. The predicted octanol–water partition coefficient (Wildman–Crippen LogP) is 4.25. The maximum Gasteiger partial charge on any atom is 0.142 e. The van der Waals surface area contributed by atoms with Gasteiger partial charge in [0.05, 0.1) is 44.2 Å². The first-order chi connectivity index (χ1) is 16.8. The molecule has 5 rings (SSSR count). The predicted molar refractivity (Wildman–Crippen MR) is 132 cm³/mol. The highest BCUT2D eigenvalue weighted by molar-refractivity contribution is 5.61. The van der Waals surface area contributed by atoms with Crippen LogP contribution in [0.2, 0.25) is 0 Å². The van der Waals surface area contributed by atoms with Gasteiger partial charge in [-0.15, -0.1) is 0 Å².